The van der Waals surface area contributed by atoms with Gasteiger partial charge in [0.15, 0.2) is 0 Å². The van der Waals surface area contributed by atoms with Crippen LogP contribution in [0.4, 0.5) is 0 Å². The summed E-state index contributed by atoms with van der Waals surface area (Å²) < 4.78 is 6.55. The van der Waals surface area contributed by atoms with E-state index in [0.29, 0.717) is 13.0 Å². The Hall–Kier alpha value is -2.54. The highest BCUT2D eigenvalue weighted by Gasteiger charge is 2.27. The molecule has 0 saturated heterocycles. The van der Waals surface area contributed by atoms with E-state index >= 15 is 0 Å². The first kappa shape index (κ1) is 33.5. The average Bonchev–Trinajstić information content (AvgIpc) is 2.86. The third-order valence-electron chi connectivity index (χ3n) is 5.64. The molecule has 0 fully saturated rings. The van der Waals surface area contributed by atoms with E-state index < -0.39 is 17.9 Å². The number of carbonyl (C=O) groups excluding carboxylic acids is 5. The maximum atomic E-state index is 12.7. The summed E-state index contributed by atoms with van der Waals surface area (Å²) in [6.45, 7) is 6.56. The standard InChI is InChI=1S/C27H41IN4O6/c1-18(2)15-21(16-19(3)33)26(36)32-23(27(37)29-4)9-10-24(34)30-12-14-38-13-11-25(35)31-17-20-5-7-22(28)8-6-20/h5-8,18,21,23H,9-17H2,1-4H3,(H,29,37)(H,30,34)(H,31,35)(H,32,36)/t21-,23+/m1/s1. The number of hydrogen-bond acceptors (Lipinski definition) is 6. The molecule has 212 valence electrons. The molecule has 4 amide bonds. The lowest BCUT2D eigenvalue weighted by molar-refractivity contribution is -0.133. The molecule has 0 saturated carbocycles. The highest BCUT2D eigenvalue weighted by atomic mass is 127. The van der Waals surface area contributed by atoms with Gasteiger partial charge in [-0.15, -0.1) is 0 Å². The summed E-state index contributed by atoms with van der Waals surface area (Å²) in [5.74, 6) is -1.56. The molecule has 38 heavy (non-hydrogen) atoms. The number of carbonyl (C=O) groups is 5. The topological polar surface area (TPSA) is 143 Å². The molecule has 0 radical (unpaired) electrons. The van der Waals surface area contributed by atoms with Crippen LogP contribution in [0.2, 0.25) is 0 Å². The Morgan fingerprint density at radius 3 is 2.18 bits per heavy atom. The fraction of sp³-hybridized carbons (Fsp3) is 0.593. The number of likely N-dealkylation sites (N-methyl/N-ethyl adjacent to an activating group) is 1. The summed E-state index contributed by atoms with van der Waals surface area (Å²) in [4.78, 5) is 60.8. The Bertz CT molecular complexity index is 923. The summed E-state index contributed by atoms with van der Waals surface area (Å²) in [5.41, 5.74) is 1.02. The van der Waals surface area contributed by atoms with E-state index in [1.165, 1.54) is 14.0 Å². The molecule has 0 bridgehead atoms. The number of nitrogens with one attached hydrogen (secondary N) is 4. The van der Waals surface area contributed by atoms with Crippen LogP contribution in [0, 0.1) is 15.4 Å². The molecule has 1 aromatic rings. The van der Waals surface area contributed by atoms with Gasteiger partial charge in [-0.2, -0.15) is 0 Å². The highest BCUT2D eigenvalue weighted by Crippen LogP contribution is 2.17. The van der Waals surface area contributed by atoms with Gasteiger partial charge in [0.2, 0.25) is 23.6 Å². The first-order valence-corrected chi connectivity index (χ1v) is 14.0. The Morgan fingerprint density at radius 1 is 0.921 bits per heavy atom. The number of ketones is 1. The van der Waals surface area contributed by atoms with Gasteiger partial charge in [0, 0.05) is 48.9 Å². The minimum atomic E-state index is -0.880. The highest BCUT2D eigenvalue weighted by molar-refractivity contribution is 14.1. The Balaban J connectivity index is 2.32. The fourth-order valence-corrected chi connectivity index (χ4v) is 4.08. The second-order valence-electron chi connectivity index (χ2n) is 9.56. The molecule has 2 atom stereocenters. The van der Waals surface area contributed by atoms with Crippen LogP contribution in [0.25, 0.3) is 0 Å². The van der Waals surface area contributed by atoms with Gasteiger partial charge >= 0.3 is 0 Å². The number of rotatable bonds is 18. The van der Waals surface area contributed by atoms with Gasteiger partial charge < -0.3 is 30.8 Å². The zero-order chi connectivity index (χ0) is 28.5. The van der Waals surface area contributed by atoms with Crippen molar-refractivity contribution in [3.05, 3.63) is 33.4 Å². The molecule has 11 heteroatoms. The lowest BCUT2D eigenvalue weighted by Crippen LogP contribution is -2.48. The third kappa shape index (κ3) is 15.0. The largest absolute Gasteiger partial charge is 0.379 e. The number of benzene rings is 1. The smallest absolute Gasteiger partial charge is 0.242 e. The molecule has 0 spiro atoms. The minimum Gasteiger partial charge on any atom is -0.379 e. The van der Waals surface area contributed by atoms with E-state index in [4.69, 9.17) is 4.74 Å². The van der Waals surface area contributed by atoms with E-state index in [1.54, 1.807) is 0 Å². The van der Waals surface area contributed by atoms with Crippen molar-refractivity contribution in [2.45, 2.75) is 65.5 Å². The van der Waals surface area contributed by atoms with Crippen molar-refractivity contribution < 1.29 is 28.7 Å². The van der Waals surface area contributed by atoms with Crippen molar-refractivity contribution in [2.24, 2.45) is 11.8 Å². The van der Waals surface area contributed by atoms with E-state index in [-0.39, 0.29) is 74.9 Å². The van der Waals surface area contributed by atoms with Crippen LogP contribution in [0.3, 0.4) is 0 Å². The second-order valence-corrected chi connectivity index (χ2v) is 10.8. The average molecular weight is 645 g/mol. The van der Waals surface area contributed by atoms with E-state index in [0.717, 1.165) is 9.13 Å². The van der Waals surface area contributed by atoms with Gasteiger partial charge in [-0.05, 0) is 66.0 Å². The monoisotopic (exact) mass is 644 g/mol. The molecule has 0 aliphatic rings. The van der Waals surface area contributed by atoms with Crippen LogP contribution < -0.4 is 21.3 Å². The number of hydrogen-bond donors (Lipinski definition) is 4. The summed E-state index contributed by atoms with van der Waals surface area (Å²) in [6.07, 6.45) is 1.00. The van der Waals surface area contributed by atoms with Gasteiger partial charge in [-0.3, -0.25) is 19.2 Å². The first-order chi connectivity index (χ1) is 18.0. The Kier molecular flexibility index (Phi) is 16.5. The predicted octanol–water partition coefficient (Wildman–Crippen LogP) is 2.08. The minimum absolute atomic E-state index is 0.0286. The van der Waals surface area contributed by atoms with Gasteiger partial charge in [-0.1, -0.05) is 26.0 Å². The van der Waals surface area contributed by atoms with Crippen molar-refractivity contribution in [1.82, 2.24) is 21.3 Å². The van der Waals surface area contributed by atoms with Gasteiger partial charge in [0.1, 0.15) is 11.8 Å². The molecular formula is C27H41IN4O6. The van der Waals surface area contributed by atoms with Crippen LogP contribution in [0.15, 0.2) is 24.3 Å². The zero-order valence-corrected chi connectivity index (χ0v) is 24.9. The van der Waals surface area contributed by atoms with Gasteiger partial charge in [0.25, 0.3) is 0 Å². The van der Waals surface area contributed by atoms with Crippen LogP contribution >= 0.6 is 22.6 Å². The first-order valence-electron chi connectivity index (χ1n) is 12.9. The van der Waals surface area contributed by atoms with E-state index in [2.05, 4.69) is 43.9 Å². The lowest BCUT2D eigenvalue weighted by atomic mass is 9.91. The van der Waals surface area contributed by atoms with E-state index in [9.17, 15) is 24.0 Å². The second kappa shape index (κ2) is 18.7. The van der Waals surface area contributed by atoms with Crippen LogP contribution in [0.5, 0.6) is 0 Å². The molecule has 1 aromatic carbocycles. The van der Waals surface area contributed by atoms with Crippen molar-refractivity contribution >= 4 is 52.0 Å². The normalized spacial score (nSPS) is 12.4. The van der Waals surface area contributed by atoms with Crippen LogP contribution in [-0.4, -0.2) is 62.3 Å². The predicted molar refractivity (Wildman–Crippen MR) is 153 cm³/mol. The van der Waals surface area contributed by atoms with Crippen molar-refractivity contribution in [1.29, 1.82) is 0 Å². The van der Waals surface area contributed by atoms with Crippen molar-refractivity contribution in [3.8, 4) is 0 Å². The maximum absolute atomic E-state index is 12.7. The summed E-state index contributed by atoms with van der Waals surface area (Å²) in [5, 5.41) is 10.8. The Morgan fingerprint density at radius 2 is 1.58 bits per heavy atom. The number of Topliss-reactive ketones (excluding diaryl/α,β-unsaturated/α-hetero) is 1. The zero-order valence-electron chi connectivity index (χ0n) is 22.7. The lowest BCUT2D eigenvalue weighted by Gasteiger charge is -2.22. The molecule has 0 heterocycles. The molecule has 0 aliphatic carbocycles. The fourth-order valence-electron chi connectivity index (χ4n) is 3.72. The number of halogens is 1. The SMILES string of the molecule is CNC(=O)[C@H](CCC(=O)NCCOCCC(=O)NCc1ccc(I)cc1)NC(=O)[C@@H](CC(C)=O)CC(C)C. The molecule has 4 N–H and O–H groups in total. The van der Waals surface area contributed by atoms with Gasteiger partial charge in [-0.25, -0.2) is 0 Å². The quantitative estimate of drug-likeness (QED) is 0.143. The molecule has 1 rings (SSSR count). The maximum Gasteiger partial charge on any atom is 0.242 e. The summed E-state index contributed by atoms with van der Waals surface area (Å²) >= 11 is 2.22. The molecule has 0 aliphatic heterocycles. The van der Waals surface area contributed by atoms with Gasteiger partial charge in [0.05, 0.1) is 13.2 Å². The Labute approximate surface area is 238 Å². The third-order valence-corrected chi connectivity index (χ3v) is 6.36. The molecule has 10 nitrogen and oxygen atoms in total. The number of amides is 4. The van der Waals surface area contributed by atoms with E-state index in [1.807, 2.05) is 38.1 Å². The van der Waals surface area contributed by atoms with Crippen molar-refractivity contribution in [3.63, 3.8) is 0 Å². The molecular weight excluding hydrogens is 603 g/mol. The van der Waals surface area contributed by atoms with Crippen molar-refractivity contribution in [2.75, 3.05) is 26.8 Å². The van der Waals surface area contributed by atoms with Crippen LogP contribution in [0.1, 0.15) is 58.4 Å². The summed E-state index contributed by atoms with van der Waals surface area (Å²) in [6, 6.07) is 7.01. The molecule has 0 unspecified atom stereocenters. The number of ether oxygens (including phenoxy) is 1. The van der Waals surface area contributed by atoms with Crippen LogP contribution in [-0.2, 0) is 35.3 Å². The molecule has 0 aromatic heterocycles. The summed E-state index contributed by atoms with van der Waals surface area (Å²) in [7, 11) is 1.46.